The molecule has 0 aromatic heterocycles. The Morgan fingerprint density at radius 3 is 2.34 bits per heavy atom. The van der Waals surface area contributed by atoms with Crippen molar-refractivity contribution in [1.82, 2.24) is 0 Å². The summed E-state index contributed by atoms with van der Waals surface area (Å²) in [6, 6.07) is 6.43. The van der Waals surface area contributed by atoms with Crippen LogP contribution in [0.5, 0.6) is 5.75 Å². The van der Waals surface area contributed by atoms with E-state index in [1.807, 2.05) is 0 Å². The number of carbonyl (C=O) groups excluding carboxylic acids is 4. The van der Waals surface area contributed by atoms with Gasteiger partial charge in [0.25, 0.3) is 0 Å². The second-order valence-electron chi connectivity index (χ2n) is 12.3. The third-order valence-corrected chi connectivity index (χ3v) is 9.46. The molecule has 4 atom stereocenters. The van der Waals surface area contributed by atoms with E-state index in [1.165, 1.54) is 25.8 Å². The molecule has 0 N–H and O–H groups in total. The molecule has 4 aliphatic rings. The average molecular weight is 612 g/mol. The van der Waals surface area contributed by atoms with Crippen molar-refractivity contribution >= 4 is 51.4 Å². The van der Waals surface area contributed by atoms with E-state index in [-0.39, 0.29) is 34.8 Å². The van der Waals surface area contributed by atoms with Crippen molar-refractivity contribution in [2.45, 2.75) is 90.0 Å². The molecule has 0 radical (unpaired) electrons. The van der Waals surface area contributed by atoms with E-state index in [0.717, 1.165) is 25.7 Å². The lowest BCUT2D eigenvalue weighted by molar-refractivity contribution is -0.172. The Labute approximate surface area is 237 Å². The summed E-state index contributed by atoms with van der Waals surface area (Å²) in [6.45, 7) is 5.90. The topological polar surface area (TPSA) is 96.0 Å². The Kier molecular flexibility index (Phi) is 8.63. The molecule has 4 saturated carbocycles. The molecule has 4 unspecified atom stereocenters. The van der Waals surface area contributed by atoms with Gasteiger partial charge in [0.05, 0.1) is 6.42 Å². The molecule has 0 spiro atoms. The summed E-state index contributed by atoms with van der Waals surface area (Å²) in [5.41, 5.74) is 0.421. The van der Waals surface area contributed by atoms with E-state index in [4.69, 9.17) is 25.8 Å². The first-order chi connectivity index (χ1) is 17.8. The average Bonchev–Trinajstić information content (AvgIpc) is 2.79. The summed E-state index contributed by atoms with van der Waals surface area (Å²) >= 11 is 10.2. The minimum atomic E-state index is -1.06. The zero-order valence-corrected chi connectivity index (χ0v) is 24.6. The number of rotatable bonds is 10. The van der Waals surface area contributed by atoms with Gasteiger partial charge in [0, 0.05) is 18.7 Å². The van der Waals surface area contributed by atoms with Crippen LogP contribution in [0.15, 0.2) is 24.3 Å². The monoisotopic (exact) mass is 610 g/mol. The Hall–Kier alpha value is -1.93. The lowest BCUT2D eigenvalue weighted by Crippen LogP contribution is -2.59. The fraction of sp³-hybridized carbons (Fsp3) is 0.655. The van der Waals surface area contributed by atoms with E-state index in [9.17, 15) is 19.2 Å². The predicted octanol–water partition coefficient (Wildman–Crippen LogP) is 6.44. The van der Waals surface area contributed by atoms with Crippen molar-refractivity contribution in [2.75, 3.05) is 5.33 Å². The lowest BCUT2D eigenvalue weighted by atomic mass is 9.40. The van der Waals surface area contributed by atoms with Crippen molar-refractivity contribution in [1.29, 1.82) is 0 Å². The molecule has 38 heavy (non-hydrogen) atoms. The van der Waals surface area contributed by atoms with Crippen molar-refractivity contribution in [3.63, 3.8) is 0 Å². The number of benzene rings is 1. The van der Waals surface area contributed by atoms with Crippen LogP contribution in [0, 0.1) is 22.2 Å². The summed E-state index contributed by atoms with van der Waals surface area (Å²) in [5.74, 6) is -1.73. The van der Waals surface area contributed by atoms with Gasteiger partial charge in [-0.3, -0.25) is 19.2 Å². The maximum absolute atomic E-state index is 13.6. The predicted molar refractivity (Wildman–Crippen MR) is 145 cm³/mol. The van der Waals surface area contributed by atoms with Gasteiger partial charge >= 0.3 is 23.9 Å². The van der Waals surface area contributed by atoms with Gasteiger partial charge in [-0.05, 0) is 84.8 Å². The minimum Gasteiger partial charge on any atom is -0.456 e. The third kappa shape index (κ3) is 6.61. The van der Waals surface area contributed by atoms with Gasteiger partial charge in [-0.2, -0.15) is 0 Å². The largest absolute Gasteiger partial charge is 0.456 e. The second-order valence-corrected chi connectivity index (χ2v) is 13.5. The quantitative estimate of drug-likeness (QED) is 0.130. The maximum Gasteiger partial charge on any atom is 0.325 e. The summed E-state index contributed by atoms with van der Waals surface area (Å²) in [6.07, 6.45) is 5.35. The molecule has 0 amide bonds. The Bertz CT molecular complexity index is 1090. The molecule has 4 aliphatic carbocycles. The highest BCUT2D eigenvalue weighted by molar-refractivity contribution is 9.09. The molecule has 1 aromatic rings. The molecule has 0 heterocycles. The van der Waals surface area contributed by atoms with Crippen LogP contribution in [0.2, 0.25) is 0 Å². The molecular formula is C29H36BrClO7. The standard InChI is InChI=1S/C29H36BrClO7/c1-18(32)36-21-7-4-6-20(10-21)22(11-24(34)38-23(33)8-5-9-30)37-26(35)25(31)29-14-19-12-27(2,16-29)15-28(3,13-19)17-29/h4,6-7,10,19,22,25H,5,8-9,11-17H2,1-3H3. The zero-order chi connectivity index (χ0) is 27.7. The number of carbonyl (C=O) groups is 4. The smallest absolute Gasteiger partial charge is 0.325 e. The Morgan fingerprint density at radius 2 is 1.74 bits per heavy atom. The molecule has 0 aliphatic heterocycles. The molecule has 4 fully saturated rings. The number of alkyl halides is 2. The van der Waals surface area contributed by atoms with Gasteiger partial charge in [0.15, 0.2) is 0 Å². The van der Waals surface area contributed by atoms with E-state index >= 15 is 0 Å². The summed E-state index contributed by atoms with van der Waals surface area (Å²) in [7, 11) is 0. The molecule has 208 valence electrons. The molecule has 0 saturated heterocycles. The Morgan fingerprint density at radius 1 is 1.05 bits per heavy atom. The lowest BCUT2D eigenvalue weighted by Gasteiger charge is -2.66. The highest BCUT2D eigenvalue weighted by atomic mass is 79.9. The minimum absolute atomic E-state index is 0.0916. The second kappa shape index (κ2) is 11.3. The molecule has 7 nitrogen and oxygen atoms in total. The highest BCUT2D eigenvalue weighted by Crippen LogP contribution is 2.71. The maximum atomic E-state index is 13.6. The zero-order valence-electron chi connectivity index (χ0n) is 22.2. The van der Waals surface area contributed by atoms with Gasteiger partial charge in [0.2, 0.25) is 0 Å². The van der Waals surface area contributed by atoms with Crippen molar-refractivity contribution in [3.05, 3.63) is 29.8 Å². The first kappa shape index (κ1) is 29.1. The molecule has 1 aromatic carbocycles. The van der Waals surface area contributed by atoms with E-state index in [1.54, 1.807) is 18.2 Å². The molecule has 5 rings (SSSR count). The highest BCUT2D eigenvalue weighted by Gasteiger charge is 2.63. The number of hydrogen-bond acceptors (Lipinski definition) is 7. The number of hydrogen-bond donors (Lipinski definition) is 0. The van der Waals surface area contributed by atoms with E-state index in [2.05, 4.69) is 29.8 Å². The number of ether oxygens (including phenoxy) is 3. The van der Waals surface area contributed by atoms with Crippen LogP contribution in [-0.4, -0.2) is 34.6 Å². The Balaban J connectivity index is 1.54. The van der Waals surface area contributed by atoms with Crippen molar-refractivity contribution in [2.24, 2.45) is 22.2 Å². The van der Waals surface area contributed by atoms with Gasteiger partial charge in [0.1, 0.15) is 17.2 Å². The summed E-state index contributed by atoms with van der Waals surface area (Å²) in [5, 5.41) is -0.252. The van der Waals surface area contributed by atoms with Crippen LogP contribution in [0.25, 0.3) is 0 Å². The van der Waals surface area contributed by atoms with Crippen LogP contribution < -0.4 is 4.74 Å². The fourth-order valence-corrected chi connectivity index (χ4v) is 8.60. The first-order valence-corrected chi connectivity index (χ1v) is 14.8. The molecule has 9 heteroatoms. The van der Waals surface area contributed by atoms with Crippen LogP contribution >= 0.6 is 27.5 Å². The van der Waals surface area contributed by atoms with Crippen molar-refractivity contribution < 1.29 is 33.4 Å². The van der Waals surface area contributed by atoms with Gasteiger partial charge in [-0.15, -0.1) is 11.6 Å². The first-order valence-electron chi connectivity index (χ1n) is 13.3. The normalized spacial score (nSPS) is 30.8. The fourth-order valence-electron chi connectivity index (χ4n) is 8.02. The molecule has 4 bridgehead atoms. The van der Waals surface area contributed by atoms with E-state index < -0.39 is 35.4 Å². The van der Waals surface area contributed by atoms with Gasteiger partial charge in [-0.25, -0.2) is 0 Å². The SMILES string of the molecule is CC(=O)Oc1cccc(C(CC(=O)OC(=O)CCCBr)OC(=O)C(Cl)C23CC4CC(C)(CC(C)(C4)C2)C3)c1. The van der Waals surface area contributed by atoms with E-state index in [0.29, 0.717) is 23.2 Å². The van der Waals surface area contributed by atoms with Crippen LogP contribution in [0.1, 0.15) is 90.2 Å². The number of halogens is 2. The van der Waals surface area contributed by atoms with Crippen LogP contribution in [0.3, 0.4) is 0 Å². The van der Waals surface area contributed by atoms with Crippen molar-refractivity contribution in [3.8, 4) is 5.75 Å². The van der Waals surface area contributed by atoms with Crippen LogP contribution in [0.4, 0.5) is 0 Å². The van der Waals surface area contributed by atoms with Gasteiger partial charge in [-0.1, -0.05) is 41.9 Å². The summed E-state index contributed by atoms with van der Waals surface area (Å²) in [4.78, 5) is 49.7. The van der Waals surface area contributed by atoms with Crippen LogP contribution in [-0.2, 0) is 28.7 Å². The number of esters is 4. The summed E-state index contributed by atoms with van der Waals surface area (Å²) < 4.78 is 16.1. The van der Waals surface area contributed by atoms with Gasteiger partial charge < -0.3 is 14.2 Å². The molecular weight excluding hydrogens is 576 g/mol. The third-order valence-electron chi connectivity index (χ3n) is 8.26.